The zero-order valence-electron chi connectivity index (χ0n) is 18.1. The molecule has 0 saturated carbocycles. The van der Waals surface area contributed by atoms with Crippen molar-refractivity contribution in [2.75, 3.05) is 13.2 Å². The number of hydrogen-bond acceptors (Lipinski definition) is 5. The van der Waals surface area contributed by atoms with Crippen molar-refractivity contribution in [2.24, 2.45) is 0 Å². The van der Waals surface area contributed by atoms with E-state index in [0.29, 0.717) is 42.8 Å². The molecule has 0 radical (unpaired) electrons. The molecule has 1 amide bonds. The molecule has 1 N–H and O–H groups in total. The first kappa shape index (κ1) is 21.3. The monoisotopic (exact) mass is 431 g/mol. The zero-order chi connectivity index (χ0) is 22.5. The summed E-state index contributed by atoms with van der Waals surface area (Å²) in [5, 5.41) is 7.61. The van der Waals surface area contributed by atoms with Crippen LogP contribution in [0.4, 0.5) is 0 Å². The molecule has 0 fully saturated rings. The average molecular weight is 431 g/mol. The Morgan fingerprint density at radius 3 is 2.56 bits per heavy atom. The Morgan fingerprint density at radius 1 is 1.09 bits per heavy atom. The number of benzene rings is 2. The molecular weight excluding hydrogens is 406 g/mol. The number of carbonyl (C=O) groups is 1. The minimum atomic E-state index is -0.182. The Hall–Kier alpha value is -3.94. The predicted octanol–water partition coefficient (Wildman–Crippen LogP) is 2.78. The summed E-state index contributed by atoms with van der Waals surface area (Å²) in [5.41, 5.74) is 3.12. The van der Waals surface area contributed by atoms with E-state index in [2.05, 4.69) is 15.4 Å². The fourth-order valence-corrected chi connectivity index (χ4v) is 3.41. The third kappa shape index (κ3) is 4.69. The highest BCUT2D eigenvalue weighted by atomic mass is 16.5. The summed E-state index contributed by atoms with van der Waals surface area (Å²) in [5.74, 6) is 0.545. The predicted molar refractivity (Wildman–Crippen MR) is 122 cm³/mol. The molecular formula is C24H25N5O3. The van der Waals surface area contributed by atoms with E-state index < -0.39 is 0 Å². The highest BCUT2D eigenvalue weighted by molar-refractivity contribution is 5.94. The van der Waals surface area contributed by atoms with Crippen LogP contribution in [0.15, 0.2) is 65.8 Å². The maximum Gasteiger partial charge on any atom is 0.264 e. The van der Waals surface area contributed by atoms with Crippen molar-refractivity contribution in [1.29, 1.82) is 0 Å². The van der Waals surface area contributed by atoms with E-state index in [1.165, 1.54) is 11.8 Å². The van der Waals surface area contributed by atoms with Gasteiger partial charge in [-0.2, -0.15) is 5.10 Å². The molecule has 4 rings (SSSR count). The lowest BCUT2D eigenvalue weighted by Crippen LogP contribution is -2.27. The van der Waals surface area contributed by atoms with E-state index in [-0.39, 0.29) is 11.5 Å². The van der Waals surface area contributed by atoms with E-state index in [1.807, 2.05) is 38.1 Å². The molecule has 8 nitrogen and oxygen atoms in total. The number of nitrogens with zero attached hydrogens (tertiary/aromatic N) is 4. The highest BCUT2D eigenvalue weighted by Crippen LogP contribution is 2.12. The number of aryl methyl sites for hydroxylation is 1. The molecule has 0 bridgehead atoms. The fourth-order valence-electron chi connectivity index (χ4n) is 3.41. The van der Waals surface area contributed by atoms with Crippen LogP contribution < -0.4 is 15.6 Å². The van der Waals surface area contributed by atoms with E-state index in [1.54, 1.807) is 39.8 Å². The van der Waals surface area contributed by atoms with E-state index in [9.17, 15) is 9.59 Å². The SMILES string of the molecule is CCOc1ccc(C(=O)NCCn2ncc3c(=O)n(Cc4ccc(C)cc4)cnc32)cc1. The van der Waals surface area contributed by atoms with Gasteiger partial charge in [0.25, 0.3) is 11.5 Å². The van der Waals surface area contributed by atoms with Crippen LogP contribution in [0, 0.1) is 6.92 Å². The summed E-state index contributed by atoms with van der Waals surface area (Å²) >= 11 is 0. The van der Waals surface area contributed by atoms with E-state index in [0.717, 1.165) is 11.3 Å². The van der Waals surface area contributed by atoms with Gasteiger partial charge in [0.15, 0.2) is 5.65 Å². The van der Waals surface area contributed by atoms with Gasteiger partial charge in [-0.15, -0.1) is 0 Å². The summed E-state index contributed by atoms with van der Waals surface area (Å²) in [7, 11) is 0. The van der Waals surface area contributed by atoms with Crippen molar-refractivity contribution in [3.05, 3.63) is 88.1 Å². The van der Waals surface area contributed by atoms with Crippen molar-refractivity contribution in [3.8, 4) is 5.75 Å². The Balaban J connectivity index is 1.40. The number of rotatable bonds is 8. The fraction of sp³-hybridized carbons (Fsp3) is 0.250. The van der Waals surface area contributed by atoms with Gasteiger partial charge in [-0.1, -0.05) is 29.8 Å². The topological polar surface area (TPSA) is 91.0 Å². The maximum atomic E-state index is 12.8. The molecule has 0 aliphatic heterocycles. The molecule has 2 heterocycles. The van der Waals surface area contributed by atoms with Crippen LogP contribution in [-0.2, 0) is 13.1 Å². The smallest absolute Gasteiger partial charge is 0.264 e. The van der Waals surface area contributed by atoms with E-state index in [4.69, 9.17) is 4.74 Å². The average Bonchev–Trinajstić information content (AvgIpc) is 3.21. The molecule has 0 atom stereocenters. The first-order valence-corrected chi connectivity index (χ1v) is 10.5. The Labute approximate surface area is 185 Å². The largest absolute Gasteiger partial charge is 0.494 e. The standard InChI is InChI=1S/C24H25N5O3/c1-3-32-20-10-8-19(9-11-20)23(30)25-12-13-29-22-21(14-27-29)24(31)28(16-26-22)15-18-6-4-17(2)5-7-18/h4-11,14,16H,3,12-13,15H2,1-2H3,(H,25,30). The number of carbonyl (C=O) groups excluding carboxylic acids is 1. The number of ether oxygens (including phenoxy) is 1. The van der Waals surface area contributed by atoms with Gasteiger partial charge in [-0.05, 0) is 43.7 Å². The third-order valence-corrected chi connectivity index (χ3v) is 5.13. The van der Waals surface area contributed by atoms with Crippen LogP contribution in [-0.4, -0.2) is 38.4 Å². The summed E-state index contributed by atoms with van der Waals surface area (Å²) in [6.45, 7) is 5.73. The first-order valence-electron chi connectivity index (χ1n) is 10.5. The van der Waals surface area contributed by atoms with Crippen LogP contribution in [0.25, 0.3) is 11.0 Å². The molecule has 8 heteroatoms. The lowest BCUT2D eigenvalue weighted by molar-refractivity contribution is 0.0952. The van der Waals surface area contributed by atoms with Gasteiger partial charge in [-0.3, -0.25) is 14.2 Å². The number of fused-ring (bicyclic) bond motifs is 1. The third-order valence-electron chi connectivity index (χ3n) is 5.13. The minimum absolute atomic E-state index is 0.139. The second-order valence-electron chi connectivity index (χ2n) is 7.48. The lowest BCUT2D eigenvalue weighted by Gasteiger charge is -2.08. The van der Waals surface area contributed by atoms with Gasteiger partial charge in [0, 0.05) is 12.1 Å². The van der Waals surface area contributed by atoms with Crippen molar-refractivity contribution >= 4 is 16.9 Å². The van der Waals surface area contributed by atoms with Crippen LogP contribution in [0.1, 0.15) is 28.4 Å². The summed E-state index contributed by atoms with van der Waals surface area (Å²) in [6.07, 6.45) is 3.08. The van der Waals surface area contributed by atoms with Gasteiger partial charge in [0.2, 0.25) is 0 Å². The summed E-state index contributed by atoms with van der Waals surface area (Å²) in [4.78, 5) is 29.6. The minimum Gasteiger partial charge on any atom is -0.494 e. The van der Waals surface area contributed by atoms with Gasteiger partial charge < -0.3 is 10.1 Å². The maximum absolute atomic E-state index is 12.8. The van der Waals surface area contributed by atoms with Gasteiger partial charge in [0.05, 0.1) is 25.9 Å². The number of amides is 1. The number of hydrogen-bond donors (Lipinski definition) is 1. The molecule has 0 spiro atoms. The van der Waals surface area contributed by atoms with Gasteiger partial charge in [-0.25, -0.2) is 9.67 Å². The van der Waals surface area contributed by atoms with Crippen LogP contribution in [0.5, 0.6) is 5.75 Å². The van der Waals surface area contributed by atoms with E-state index >= 15 is 0 Å². The van der Waals surface area contributed by atoms with Crippen molar-refractivity contribution in [1.82, 2.24) is 24.6 Å². The van der Waals surface area contributed by atoms with Crippen molar-refractivity contribution < 1.29 is 9.53 Å². The van der Waals surface area contributed by atoms with Crippen molar-refractivity contribution in [2.45, 2.75) is 26.9 Å². The molecule has 2 aromatic carbocycles. The quantitative estimate of drug-likeness (QED) is 0.463. The summed E-state index contributed by atoms with van der Waals surface area (Å²) in [6, 6.07) is 15.0. The van der Waals surface area contributed by atoms with Crippen LogP contribution in [0.2, 0.25) is 0 Å². The lowest BCUT2D eigenvalue weighted by atomic mass is 10.1. The Kier molecular flexibility index (Phi) is 6.30. The molecule has 164 valence electrons. The molecule has 32 heavy (non-hydrogen) atoms. The normalized spacial score (nSPS) is 10.9. The molecule has 0 aliphatic rings. The van der Waals surface area contributed by atoms with Gasteiger partial charge in [0.1, 0.15) is 17.5 Å². The zero-order valence-corrected chi connectivity index (χ0v) is 18.1. The second-order valence-corrected chi connectivity index (χ2v) is 7.48. The molecule has 0 aliphatic carbocycles. The van der Waals surface area contributed by atoms with Crippen molar-refractivity contribution in [3.63, 3.8) is 0 Å². The van der Waals surface area contributed by atoms with Gasteiger partial charge >= 0.3 is 0 Å². The molecule has 2 aromatic heterocycles. The second kappa shape index (κ2) is 9.47. The molecule has 4 aromatic rings. The van der Waals surface area contributed by atoms with Crippen LogP contribution >= 0.6 is 0 Å². The number of nitrogens with one attached hydrogen (secondary N) is 1. The highest BCUT2D eigenvalue weighted by Gasteiger charge is 2.11. The number of aromatic nitrogens is 4. The van der Waals surface area contributed by atoms with Crippen LogP contribution in [0.3, 0.4) is 0 Å². The Bertz CT molecular complexity index is 1270. The Morgan fingerprint density at radius 2 is 1.84 bits per heavy atom. The summed E-state index contributed by atoms with van der Waals surface area (Å²) < 4.78 is 8.60. The molecule has 0 saturated heterocycles. The molecule has 0 unspecified atom stereocenters. The first-order chi connectivity index (χ1) is 15.5.